The first-order valence-corrected chi connectivity index (χ1v) is 10.7. The molecular formula is C21H26N2O3S. The van der Waals surface area contributed by atoms with Gasteiger partial charge in [-0.05, 0) is 43.5 Å². The maximum atomic E-state index is 12.9. The molecule has 1 fully saturated rings. The van der Waals surface area contributed by atoms with Crippen LogP contribution in [0.15, 0.2) is 53.4 Å². The van der Waals surface area contributed by atoms with E-state index in [1.165, 1.54) is 4.31 Å². The Labute approximate surface area is 161 Å². The van der Waals surface area contributed by atoms with Gasteiger partial charge in [-0.15, -0.1) is 0 Å². The smallest absolute Gasteiger partial charge is 0.243 e. The first-order valence-electron chi connectivity index (χ1n) is 9.27. The molecule has 0 aromatic heterocycles. The third kappa shape index (κ3) is 4.57. The topological polar surface area (TPSA) is 57.7 Å². The largest absolute Gasteiger partial charge is 0.341 e. The van der Waals surface area contributed by atoms with Gasteiger partial charge >= 0.3 is 0 Å². The lowest BCUT2D eigenvalue weighted by atomic mass is 10.1. The zero-order valence-electron chi connectivity index (χ0n) is 15.9. The third-order valence-corrected chi connectivity index (χ3v) is 6.98. The summed E-state index contributed by atoms with van der Waals surface area (Å²) in [5, 5.41) is 0. The summed E-state index contributed by atoms with van der Waals surface area (Å²) in [5.41, 5.74) is 3.15. The molecule has 3 rings (SSSR count). The second-order valence-electron chi connectivity index (χ2n) is 7.05. The summed E-state index contributed by atoms with van der Waals surface area (Å²) in [6.45, 7) is 5.71. The van der Waals surface area contributed by atoms with Crippen molar-refractivity contribution in [3.05, 3.63) is 65.2 Å². The van der Waals surface area contributed by atoms with Crippen molar-refractivity contribution in [1.82, 2.24) is 9.21 Å². The average molecular weight is 387 g/mol. The molecule has 0 spiro atoms. The van der Waals surface area contributed by atoms with Gasteiger partial charge in [-0.2, -0.15) is 4.31 Å². The van der Waals surface area contributed by atoms with Gasteiger partial charge in [-0.25, -0.2) is 8.42 Å². The number of sulfonamides is 1. The highest BCUT2D eigenvalue weighted by molar-refractivity contribution is 7.89. The van der Waals surface area contributed by atoms with Gasteiger partial charge in [0.05, 0.1) is 11.3 Å². The molecular weight excluding hydrogens is 360 g/mol. The van der Waals surface area contributed by atoms with Crippen LogP contribution in [-0.4, -0.2) is 49.7 Å². The van der Waals surface area contributed by atoms with Crippen LogP contribution < -0.4 is 0 Å². The van der Waals surface area contributed by atoms with Gasteiger partial charge in [0.25, 0.3) is 0 Å². The van der Waals surface area contributed by atoms with Crippen molar-refractivity contribution in [2.45, 2.75) is 31.6 Å². The average Bonchev–Trinajstić information content (AvgIpc) is 2.91. The molecule has 0 bridgehead atoms. The summed E-state index contributed by atoms with van der Waals surface area (Å²) in [7, 11) is -3.52. The van der Waals surface area contributed by atoms with Crippen molar-refractivity contribution in [2.24, 2.45) is 0 Å². The number of benzene rings is 2. The predicted molar refractivity (Wildman–Crippen MR) is 106 cm³/mol. The molecule has 0 atom stereocenters. The lowest BCUT2D eigenvalue weighted by Crippen LogP contribution is -2.38. The minimum Gasteiger partial charge on any atom is -0.341 e. The fraction of sp³-hybridized carbons (Fsp3) is 0.381. The Kier molecular flexibility index (Phi) is 5.97. The van der Waals surface area contributed by atoms with E-state index in [0.29, 0.717) is 43.9 Å². The maximum absolute atomic E-state index is 12.9. The number of aryl methyl sites for hydroxylation is 2. The van der Waals surface area contributed by atoms with Gasteiger partial charge in [0.15, 0.2) is 0 Å². The van der Waals surface area contributed by atoms with Gasteiger partial charge in [0.2, 0.25) is 15.9 Å². The molecule has 1 heterocycles. The van der Waals surface area contributed by atoms with Crippen LogP contribution in [0.1, 0.15) is 23.1 Å². The van der Waals surface area contributed by atoms with Crippen molar-refractivity contribution in [3.63, 3.8) is 0 Å². The third-order valence-electron chi connectivity index (χ3n) is 5.07. The standard InChI is InChI=1S/C21H26N2O3S/c1-17-8-10-20(11-9-17)27(25,26)23-13-5-12-22(14-15-23)21(24)16-19-7-4-3-6-18(19)2/h3-4,6-11H,5,12-16H2,1-2H3. The first-order chi connectivity index (χ1) is 12.9. The Balaban J connectivity index is 1.67. The Bertz CT molecular complexity index is 907. The summed E-state index contributed by atoms with van der Waals surface area (Å²) in [6, 6.07) is 14.8. The van der Waals surface area contributed by atoms with Gasteiger partial charge in [0, 0.05) is 26.2 Å². The molecule has 0 saturated carbocycles. The second-order valence-corrected chi connectivity index (χ2v) is 8.99. The second kappa shape index (κ2) is 8.23. The van der Waals surface area contributed by atoms with Crippen LogP contribution >= 0.6 is 0 Å². The van der Waals surface area contributed by atoms with Gasteiger partial charge in [-0.3, -0.25) is 4.79 Å². The zero-order valence-corrected chi connectivity index (χ0v) is 16.7. The molecule has 0 radical (unpaired) electrons. The fourth-order valence-corrected chi connectivity index (χ4v) is 4.80. The Morgan fingerprint density at radius 3 is 2.33 bits per heavy atom. The van der Waals surface area contributed by atoms with Gasteiger partial charge < -0.3 is 4.90 Å². The molecule has 6 heteroatoms. The van der Waals surface area contributed by atoms with Gasteiger partial charge in [0.1, 0.15) is 0 Å². The Hall–Kier alpha value is -2.18. The molecule has 1 aliphatic rings. The molecule has 27 heavy (non-hydrogen) atoms. The van der Waals surface area contributed by atoms with E-state index in [1.54, 1.807) is 17.0 Å². The molecule has 2 aromatic carbocycles. The molecule has 5 nitrogen and oxygen atoms in total. The monoisotopic (exact) mass is 386 g/mol. The molecule has 1 saturated heterocycles. The number of hydrogen-bond donors (Lipinski definition) is 0. The summed E-state index contributed by atoms with van der Waals surface area (Å²) in [5.74, 6) is 0.0545. The first kappa shape index (κ1) is 19.6. The predicted octanol–water partition coefficient (Wildman–Crippen LogP) is 2.77. The number of carbonyl (C=O) groups is 1. The summed E-state index contributed by atoms with van der Waals surface area (Å²) >= 11 is 0. The fourth-order valence-electron chi connectivity index (χ4n) is 3.33. The Morgan fingerprint density at radius 2 is 1.63 bits per heavy atom. The normalized spacial score (nSPS) is 16.1. The molecule has 0 unspecified atom stereocenters. The minimum atomic E-state index is -3.52. The number of nitrogens with zero attached hydrogens (tertiary/aromatic N) is 2. The van der Waals surface area contributed by atoms with Crippen LogP contribution in [0.4, 0.5) is 0 Å². The van der Waals surface area contributed by atoms with E-state index < -0.39 is 10.0 Å². The van der Waals surface area contributed by atoms with E-state index in [2.05, 4.69) is 0 Å². The van der Waals surface area contributed by atoms with Crippen molar-refractivity contribution < 1.29 is 13.2 Å². The van der Waals surface area contributed by atoms with Crippen LogP contribution in [0.3, 0.4) is 0 Å². The Morgan fingerprint density at radius 1 is 0.926 bits per heavy atom. The summed E-state index contributed by atoms with van der Waals surface area (Å²) in [4.78, 5) is 14.8. The molecule has 144 valence electrons. The van der Waals surface area contributed by atoms with Crippen LogP contribution in [0.5, 0.6) is 0 Å². The van der Waals surface area contributed by atoms with Crippen LogP contribution in [0.2, 0.25) is 0 Å². The van der Waals surface area contributed by atoms with Crippen LogP contribution in [-0.2, 0) is 21.2 Å². The van der Waals surface area contributed by atoms with Crippen LogP contribution in [0, 0.1) is 13.8 Å². The van der Waals surface area contributed by atoms with E-state index in [1.807, 2.05) is 50.2 Å². The van der Waals surface area contributed by atoms with E-state index >= 15 is 0 Å². The molecule has 0 aliphatic carbocycles. The molecule has 0 N–H and O–H groups in total. The molecule has 2 aromatic rings. The SMILES string of the molecule is Cc1ccc(S(=O)(=O)N2CCCN(C(=O)Cc3ccccc3C)CC2)cc1. The highest BCUT2D eigenvalue weighted by Gasteiger charge is 2.28. The summed E-state index contributed by atoms with van der Waals surface area (Å²) < 4.78 is 27.3. The highest BCUT2D eigenvalue weighted by Crippen LogP contribution is 2.19. The van der Waals surface area contributed by atoms with E-state index in [0.717, 1.165) is 16.7 Å². The lowest BCUT2D eigenvalue weighted by molar-refractivity contribution is -0.130. The lowest BCUT2D eigenvalue weighted by Gasteiger charge is -2.22. The number of amides is 1. The number of hydrogen-bond acceptors (Lipinski definition) is 3. The van der Waals surface area contributed by atoms with Crippen molar-refractivity contribution in [2.75, 3.05) is 26.2 Å². The van der Waals surface area contributed by atoms with Crippen molar-refractivity contribution >= 4 is 15.9 Å². The quantitative estimate of drug-likeness (QED) is 0.812. The summed E-state index contributed by atoms with van der Waals surface area (Å²) in [6.07, 6.45) is 1.00. The maximum Gasteiger partial charge on any atom is 0.243 e. The van der Waals surface area contributed by atoms with Crippen molar-refractivity contribution in [3.8, 4) is 0 Å². The van der Waals surface area contributed by atoms with Crippen LogP contribution in [0.25, 0.3) is 0 Å². The van der Waals surface area contributed by atoms with E-state index in [4.69, 9.17) is 0 Å². The van der Waals surface area contributed by atoms with Gasteiger partial charge in [-0.1, -0.05) is 42.0 Å². The molecule has 1 amide bonds. The number of carbonyl (C=O) groups excluding carboxylic acids is 1. The molecule has 1 aliphatic heterocycles. The zero-order chi connectivity index (χ0) is 19.4. The van der Waals surface area contributed by atoms with Crippen molar-refractivity contribution in [1.29, 1.82) is 0 Å². The highest BCUT2D eigenvalue weighted by atomic mass is 32.2. The van der Waals surface area contributed by atoms with E-state index in [-0.39, 0.29) is 5.91 Å². The number of rotatable bonds is 4. The minimum absolute atomic E-state index is 0.0545. The van der Waals surface area contributed by atoms with E-state index in [9.17, 15) is 13.2 Å².